The van der Waals surface area contributed by atoms with Gasteiger partial charge in [0.05, 0.1) is 6.20 Å². The third-order valence-corrected chi connectivity index (χ3v) is 5.98. The Morgan fingerprint density at radius 3 is 2.57 bits per heavy atom. The molecule has 0 atom stereocenters. The molecule has 12 heteroatoms. The van der Waals surface area contributed by atoms with Gasteiger partial charge >= 0.3 is 15.5 Å². The number of aryl methyl sites for hydroxylation is 2. The van der Waals surface area contributed by atoms with Crippen molar-refractivity contribution in [2.75, 3.05) is 26.2 Å². The second kappa shape index (κ2) is 9.59. The van der Waals surface area contributed by atoms with Gasteiger partial charge in [-0.15, -0.1) is 0 Å². The summed E-state index contributed by atoms with van der Waals surface area (Å²) in [4.78, 5) is 4.48. The van der Waals surface area contributed by atoms with Gasteiger partial charge in [0.1, 0.15) is 0 Å². The maximum atomic E-state index is 12.6. The van der Waals surface area contributed by atoms with Gasteiger partial charge in [-0.25, -0.2) is 8.42 Å². The summed E-state index contributed by atoms with van der Waals surface area (Å²) in [5.41, 5.74) is -4.16. The van der Waals surface area contributed by atoms with Crippen molar-refractivity contribution in [2.24, 2.45) is 4.99 Å². The van der Waals surface area contributed by atoms with Crippen molar-refractivity contribution in [1.82, 2.24) is 24.7 Å². The van der Waals surface area contributed by atoms with E-state index in [9.17, 15) is 21.6 Å². The molecule has 1 aliphatic rings. The van der Waals surface area contributed by atoms with Crippen molar-refractivity contribution >= 4 is 16.0 Å². The van der Waals surface area contributed by atoms with Crippen LogP contribution in [-0.4, -0.2) is 66.2 Å². The molecule has 2 N–H and O–H groups in total. The molecule has 0 aromatic carbocycles. The number of halogens is 3. The Hall–Kier alpha value is -1.82. The van der Waals surface area contributed by atoms with Crippen LogP contribution in [-0.2, 0) is 16.6 Å². The number of hydrogen-bond acceptors (Lipinski definition) is 4. The molecule has 0 amide bonds. The van der Waals surface area contributed by atoms with Crippen LogP contribution in [0.25, 0.3) is 0 Å². The summed E-state index contributed by atoms with van der Waals surface area (Å²) in [6, 6.07) is -0.133. The molecule has 1 aromatic rings. The molecule has 28 heavy (non-hydrogen) atoms. The first-order valence-corrected chi connectivity index (χ1v) is 10.7. The summed E-state index contributed by atoms with van der Waals surface area (Å²) in [5, 5.41) is 10.5. The van der Waals surface area contributed by atoms with Crippen molar-refractivity contribution < 1.29 is 21.6 Å². The zero-order valence-electron chi connectivity index (χ0n) is 16.0. The Labute approximate surface area is 163 Å². The number of sulfonamides is 1. The van der Waals surface area contributed by atoms with Gasteiger partial charge in [0.15, 0.2) is 5.96 Å². The highest BCUT2D eigenvalue weighted by Gasteiger charge is 2.50. The molecule has 2 rings (SSSR count). The Balaban J connectivity index is 1.82. The van der Waals surface area contributed by atoms with Gasteiger partial charge in [0.25, 0.3) is 0 Å². The van der Waals surface area contributed by atoms with E-state index in [1.54, 1.807) is 6.20 Å². The van der Waals surface area contributed by atoms with E-state index in [-0.39, 0.29) is 32.0 Å². The highest BCUT2D eigenvalue weighted by molar-refractivity contribution is 7.90. The highest BCUT2D eigenvalue weighted by Crippen LogP contribution is 2.28. The zero-order chi connectivity index (χ0) is 20.8. The summed E-state index contributed by atoms with van der Waals surface area (Å²) < 4.78 is 63.2. The van der Waals surface area contributed by atoms with Crippen LogP contribution in [0.5, 0.6) is 0 Å². The number of rotatable bonds is 7. The molecule has 0 unspecified atom stereocenters. The van der Waals surface area contributed by atoms with Crippen molar-refractivity contribution in [3.05, 3.63) is 18.0 Å². The number of aromatic nitrogens is 2. The number of piperidine rings is 1. The molecule has 0 radical (unpaired) electrons. The third kappa shape index (κ3) is 6.09. The molecule has 1 aromatic heterocycles. The summed E-state index contributed by atoms with van der Waals surface area (Å²) in [5.74, 6) is 0.580. The molecule has 160 valence electrons. The number of alkyl halides is 3. The van der Waals surface area contributed by atoms with Gasteiger partial charge in [-0.2, -0.15) is 22.6 Å². The van der Waals surface area contributed by atoms with E-state index < -0.39 is 15.5 Å². The van der Waals surface area contributed by atoms with E-state index in [0.717, 1.165) is 18.5 Å². The minimum atomic E-state index is -5.25. The minimum absolute atomic E-state index is 0.133. The predicted octanol–water partition coefficient (Wildman–Crippen LogP) is 1.45. The Bertz CT molecular complexity index is 755. The lowest BCUT2D eigenvalue weighted by Gasteiger charge is -2.32. The van der Waals surface area contributed by atoms with Crippen molar-refractivity contribution in [1.29, 1.82) is 0 Å². The molecule has 0 bridgehead atoms. The fraction of sp³-hybridized carbons (Fsp3) is 0.750. The Morgan fingerprint density at radius 1 is 1.36 bits per heavy atom. The monoisotopic (exact) mass is 424 g/mol. The average Bonchev–Trinajstić information content (AvgIpc) is 3.03. The van der Waals surface area contributed by atoms with Crippen LogP contribution in [0.1, 0.15) is 31.7 Å². The first-order valence-electron chi connectivity index (χ1n) is 9.24. The number of hydrogen-bond donors (Lipinski definition) is 2. The Kier molecular flexibility index (Phi) is 7.70. The summed E-state index contributed by atoms with van der Waals surface area (Å²) in [7, 11) is -5.25. The molecule has 0 spiro atoms. The molecular formula is C16H27F3N6O2S. The molecule has 0 saturated carbocycles. The zero-order valence-corrected chi connectivity index (χ0v) is 16.9. The van der Waals surface area contributed by atoms with E-state index in [2.05, 4.69) is 20.7 Å². The van der Waals surface area contributed by atoms with Gasteiger partial charge in [-0.3, -0.25) is 9.67 Å². The molecular weight excluding hydrogens is 397 g/mol. The second-order valence-electron chi connectivity index (χ2n) is 6.66. The van der Waals surface area contributed by atoms with Crippen LogP contribution >= 0.6 is 0 Å². The van der Waals surface area contributed by atoms with Gasteiger partial charge < -0.3 is 10.6 Å². The summed E-state index contributed by atoms with van der Waals surface area (Å²) in [6.07, 6.45) is 5.11. The maximum absolute atomic E-state index is 12.6. The molecule has 1 saturated heterocycles. The summed E-state index contributed by atoms with van der Waals surface area (Å²) in [6.45, 7) is 5.50. The van der Waals surface area contributed by atoms with Crippen molar-refractivity contribution in [2.45, 2.75) is 51.2 Å². The quantitative estimate of drug-likeness (QED) is 0.393. The average molecular weight is 424 g/mol. The van der Waals surface area contributed by atoms with Crippen molar-refractivity contribution in [3.8, 4) is 0 Å². The first-order chi connectivity index (χ1) is 13.1. The van der Waals surface area contributed by atoms with E-state index in [1.807, 2.05) is 24.7 Å². The molecule has 1 aliphatic heterocycles. The number of guanidine groups is 1. The van der Waals surface area contributed by atoms with Crippen LogP contribution in [0.4, 0.5) is 13.2 Å². The third-order valence-electron chi connectivity index (χ3n) is 4.35. The predicted molar refractivity (Wildman–Crippen MR) is 100 cm³/mol. The second-order valence-corrected chi connectivity index (χ2v) is 8.59. The van der Waals surface area contributed by atoms with Crippen LogP contribution in [0.15, 0.2) is 17.4 Å². The lowest BCUT2D eigenvalue weighted by molar-refractivity contribution is -0.0494. The topological polar surface area (TPSA) is 91.6 Å². The van der Waals surface area contributed by atoms with Crippen LogP contribution < -0.4 is 10.6 Å². The van der Waals surface area contributed by atoms with Gasteiger partial charge in [-0.05, 0) is 38.7 Å². The van der Waals surface area contributed by atoms with E-state index in [1.165, 1.54) is 0 Å². The fourth-order valence-electron chi connectivity index (χ4n) is 2.91. The lowest BCUT2D eigenvalue weighted by atomic mass is 10.1. The first kappa shape index (κ1) is 22.5. The fourth-order valence-corrected chi connectivity index (χ4v) is 3.90. The molecule has 8 nitrogen and oxygen atoms in total. The van der Waals surface area contributed by atoms with E-state index in [0.29, 0.717) is 23.4 Å². The summed E-state index contributed by atoms with van der Waals surface area (Å²) >= 11 is 0. The molecule has 2 heterocycles. The van der Waals surface area contributed by atoms with Crippen LogP contribution in [0, 0.1) is 6.92 Å². The van der Waals surface area contributed by atoms with E-state index in [4.69, 9.17) is 0 Å². The normalized spacial score (nSPS) is 17.7. The van der Waals surface area contributed by atoms with Gasteiger partial charge in [0.2, 0.25) is 0 Å². The SMILES string of the molecule is CCNC(=NCCCn1cc(C)cn1)NC1CCN(S(=O)(=O)C(F)(F)F)CC1. The van der Waals surface area contributed by atoms with Gasteiger partial charge in [0, 0.05) is 45.0 Å². The largest absolute Gasteiger partial charge is 0.511 e. The van der Waals surface area contributed by atoms with Gasteiger partial charge in [-0.1, -0.05) is 0 Å². The van der Waals surface area contributed by atoms with Crippen molar-refractivity contribution in [3.63, 3.8) is 0 Å². The molecule has 1 fully saturated rings. The van der Waals surface area contributed by atoms with Crippen LogP contribution in [0.3, 0.4) is 0 Å². The Morgan fingerprint density at radius 2 is 2.04 bits per heavy atom. The van der Waals surface area contributed by atoms with E-state index >= 15 is 0 Å². The highest BCUT2D eigenvalue weighted by atomic mass is 32.2. The standard InChI is InChI=1S/C16H27F3N6O2S/c1-3-20-15(21-7-4-8-24-12-13(2)11-22-24)23-14-5-9-25(10-6-14)28(26,27)16(17,18)19/h11-12,14H,3-10H2,1-2H3,(H2,20,21,23). The number of nitrogens with one attached hydrogen (secondary N) is 2. The number of nitrogens with zero attached hydrogens (tertiary/aromatic N) is 4. The molecule has 0 aliphatic carbocycles. The smallest absolute Gasteiger partial charge is 0.357 e. The minimum Gasteiger partial charge on any atom is -0.357 e. The maximum Gasteiger partial charge on any atom is 0.511 e. The number of aliphatic imine (C=N–C) groups is 1. The lowest BCUT2D eigenvalue weighted by Crippen LogP contribution is -2.51. The van der Waals surface area contributed by atoms with Crippen LogP contribution in [0.2, 0.25) is 0 Å².